The lowest BCUT2D eigenvalue weighted by Gasteiger charge is -2.23. The van der Waals surface area contributed by atoms with Crippen LogP contribution in [-0.4, -0.2) is 53.0 Å². The maximum absolute atomic E-state index is 12.6. The molecule has 2 aliphatic rings. The molecule has 0 spiro atoms. The number of carboxylic acids is 1. The van der Waals surface area contributed by atoms with Crippen LogP contribution in [0.3, 0.4) is 0 Å². The number of hydrogen-bond acceptors (Lipinski definition) is 5. The summed E-state index contributed by atoms with van der Waals surface area (Å²) >= 11 is 0. The van der Waals surface area contributed by atoms with E-state index in [9.17, 15) is 19.5 Å². The SMILES string of the molecule is CC(O)C(NC(=O)C[C@@H]1CCC[C@H]1NC(=O)OCC1c2ccccc2-c2ccccc21)C(=O)O. The highest BCUT2D eigenvalue weighted by molar-refractivity contribution is 5.84. The summed E-state index contributed by atoms with van der Waals surface area (Å²) in [5, 5.41) is 24.0. The first-order chi connectivity index (χ1) is 16.3. The van der Waals surface area contributed by atoms with Gasteiger partial charge in [-0.05, 0) is 47.9 Å². The Morgan fingerprint density at radius 2 is 1.65 bits per heavy atom. The molecule has 2 unspecified atom stereocenters. The molecular formula is C26H30N2O6. The fourth-order valence-corrected chi connectivity index (χ4v) is 5.12. The van der Waals surface area contributed by atoms with E-state index in [4.69, 9.17) is 9.84 Å². The van der Waals surface area contributed by atoms with Gasteiger partial charge in [-0.3, -0.25) is 4.79 Å². The molecule has 1 fully saturated rings. The summed E-state index contributed by atoms with van der Waals surface area (Å²) in [5.41, 5.74) is 4.59. The van der Waals surface area contributed by atoms with E-state index < -0.39 is 30.1 Å². The third-order valence-corrected chi connectivity index (χ3v) is 6.82. The van der Waals surface area contributed by atoms with Crippen LogP contribution in [0.4, 0.5) is 4.79 Å². The Kier molecular flexibility index (Phi) is 7.17. The van der Waals surface area contributed by atoms with Crippen LogP contribution < -0.4 is 10.6 Å². The molecule has 2 aromatic rings. The average Bonchev–Trinajstić information content (AvgIpc) is 3.37. The number of ether oxygens (including phenoxy) is 1. The van der Waals surface area contributed by atoms with Crippen molar-refractivity contribution in [2.24, 2.45) is 5.92 Å². The van der Waals surface area contributed by atoms with Gasteiger partial charge in [0.2, 0.25) is 5.91 Å². The largest absolute Gasteiger partial charge is 0.480 e. The Bertz CT molecular complexity index is 1020. The molecule has 2 aromatic carbocycles. The molecule has 8 heteroatoms. The Balaban J connectivity index is 1.33. The van der Waals surface area contributed by atoms with Crippen molar-refractivity contribution in [3.8, 4) is 11.1 Å². The molecule has 180 valence electrons. The number of amides is 2. The maximum atomic E-state index is 12.6. The number of nitrogens with one attached hydrogen (secondary N) is 2. The molecular weight excluding hydrogens is 436 g/mol. The number of fused-ring (bicyclic) bond motifs is 3. The molecule has 4 N–H and O–H groups in total. The summed E-state index contributed by atoms with van der Waals surface area (Å²) in [4.78, 5) is 36.2. The molecule has 0 heterocycles. The standard InChI is InChI=1S/C26H30N2O6/c1-15(29)24(25(31)32)28-23(30)13-16-7-6-12-22(16)27-26(33)34-14-21-19-10-4-2-8-17(19)18-9-3-5-11-20(18)21/h2-5,8-11,15-16,21-22,24,29H,6-7,12-14H2,1H3,(H,27,33)(H,28,30)(H,31,32)/t15?,16-,22+,24?/m0/s1. The summed E-state index contributed by atoms with van der Waals surface area (Å²) in [6.07, 6.45) is 0.664. The van der Waals surface area contributed by atoms with Crippen LogP contribution in [0.1, 0.15) is 49.7 Å². The van der Waals surface area contributed by atoms with Crippen molar-refractivity contribution in [2.75, 3.05) is 6.61 Å². The molecule has 2 aliphatic carbocycles. The average molecular weight is 467 g/mol. The summed E-state index contributed by atoms with van der Waals surface area (Å²) in [6.45, 7) is 1.53. The van der Waals surface area contributed by atoms with Gasteiger partial charge >= 0.3 is 12.1 Å². The van der Waals surface area contributed by atoms with E-state index in [0.717, 1.165) is 41.5 Å². The zero-order chi connectivity index (χ0) is 24.2. The second kappa shape index (κ2) is 10.3. The minimum Gasteiger partial charge on any atom is -0.480 e. The van der Waals surface area contributed by atoms with Gasteiger partial charge in [0.25, 0.3) is 0 Å². The van der Waals surface area contributed by atoms with Crippen LogP contribution in [0.5, 0.6) is 0 Å². The topological polar surface area (TPSA) is 125 Å². The predicted octanol–water partition coefficient (Wildman–Crippen LogP) is 3.03. The molecule has 1 saturated carbocycles. The normalized spacial score (nSPS) is 20.6. The first-order valence-electron chi connectivity index (χ1n) is 11.7. The number of hydrogen-bond donors (Lipinski definition) is 4. The first-order valence-corrected chi connectivity index (χ1v) is 11.7. The third-order valence-electron chi connectivity index (χ3n) is 6.82. The predicted molar refractivity (Wildman–Crippen MR) is 125 cm³/mol. The van der Waals surface area contributed by atoms with Gasteiger partial charge in [0.1, 0.15) is 6.61 Å². The number of aliphatic carboxylic acids is 1. The van der Waals surface area contributed by atoms with Crippen LogP contribution in [0, 0.1) is 5.92 Å². The third kappa shape index (κ3) is 5.07. The monoisotopic (exact) mass is 466 g/mol. The van der Waals surface area contributed by atoms with Gasteiger partial charge in [0, 0.05) is 18.4 Å². The number of aliphatic hydroxyl groups is 1. The molecule has 8 nitrogen and oxygen atoms in total. The summed E-state index contributed by atoms with van der Waals surface area (Å²) in [6, 6.07) is 14.7. The summed E-state index contributed by atoms with van der Waals surface area (Å²) in [5.74, 6) is -1.90. The Labute approximate surface area is 198 Å². The fraction of sp³-hybridized carbons (Fsp3) is 0.423. The molecule has 0 aromatic heterocycles. The summed E-state index contributed by atoms with van der Waals surface area (Å²) in [7, 11) is 0. The number of rotatable bonds is 8. The molecule has 4 atom stereocenters. The van der Waals surface area contributed by atoms with E-state index >= 15 is 0 Å². The van der Waals surface area contributed by atoms with E-state index in [1.54, 1.807) is 0 Å². The van der Waals surface area contributed by atoms with Crippen molar-refractivity contribution >= 4 is 18.0 Å². The zero-order valence-corrected chi connectivity index (χ0v) is 19.1. The maximum Gasteiger partial charge on any atom is 0.407 e. The van der Waals surface area contributed by atoms with Crippen LogP contribution in [0.15, 0.2) is 48.5 Å². The number of benzene rings is 2. The van der Waals surface area contributed by atoms with Gasteiger partial charge in [-0.15, -0.1) is 0 Å². The second-order valence-electron chi connectivity index (χ2n) is 9.10. The van der Waals surface area contributed by atoms with Gasteiger partial charge in [0.15, 0.2) is 6.04 Å². The first kappa shape index (κ1) is 23.8. The smallest absolute Gasteiger partial charge is 0.407 e. The molecule has 4 rings (SSSR count). The van der Waals surface area contributed by atoms with E-state index in [0.29, 0.717) is 0 Å². The van der Waals surface area contributed by atoms with Gasteiger partial charge in [-0.2, -0.15) is 0 Å². The van der Waals surface area contributed by atoms with Crippen molar-refractivity contribution in [3.63, 3.8) is 0 Å². The van der Waals surface area contributed by atoms with Gasteiger partial charge in [-0.1, -0.05) is 55.0 Å². The highest BCUT2D eigenvalue weighted by Gasteiger charge is 2.34. The minimum atomic E-state index is -1.36. The van der Waals surface area contributed by atoms with Crippen molar-refractivity contribution in [2.45, 2.75) is 56.7 Å². The molecule has 0 saturated heterocycles. The van der Waals surface area contributed by atoms with Crippen molar-refractivity contribution in [3.05, 3.63) is 59.7 Å². The fourth-order valence-electron chi connectivity index (χ4n) is 5.12. The van der Waals surface area contributed by atoms with Crippen molar-refractivity contribution in [1.29, 1.82) is 0 Å². The lowest BCUT2D eigenvalue weighted by molar-refractivity contribution is -0.144. The quantitative estimate of drug-likeness (QED) is 0.474. The Morgan fingerprint density at radius 3 is 2.24 bits per heavy atom. The van der Waals surface area contributed by atoms with Crippen LogP contribution >= 0.6 is 0 Å². The second-order valence-corrected chi connectivity index (χ2v) is 9.10. The van der Waals surface area contributed by atoms with E-state index in [2.05, 4.69) is 34.9 Å². The number of aliphatic hydroxyl groups excluding tert-OH is 1. The zero-order valence-electron chi connectivity index (χ0n) is 19.1. The molecule has 0 bridgehead atoms. The lowest BCUT2D eigenvalue weighted by atomic mass is 9.98. The Morgan fingerprint density at radius 1 is 1.03 bits per heavy atom. The van der Waals surface area contributed by atoms with Crippen molar-refractivity contribution < 1.29 is 29.3 Å². The van der Waals surface area contributed by atoms with E-state index in [1.165, 1.54) is 6.92 Å². The summed E-state index contributed by atoms with van der Waals surface area (Å²) < 4.78 is 5.62. The molecule has 0 aliphatic heterocycles. The number of carboxylic acid groups (broad SMARTS) is 1. The lowest BCUT2D eigenvalue weighted by Crippen LogP contribution is -2.48. The van der Waals surface area contributed by atoms with Crippen LogP contribution in [0.2, 0.25) is 0 Å². The van der Waals surface area contributed by atoms with Gasteiger partial charge < -0.3 is 25.6 Å². The van der Waals surface area contributed by atoms with Crippen LogP contribution in [0.25, 0.3) is 11.1 Å². The number of alkyl carbamates (subject to hydrolysis) is 1. The molecule has 2 amide bonds. The van der Waals surface area contributed by atoms with Gasteiger partial charge in [-0.25, -0.2) is 9.59 Å². The minimum absolute atomic E-state index is 0.0308. The van der Waals surface area contributed by atoms with Gasteiger partial charge in [0.05, 0.1) is 6.10 Å². The molecule has 0 radical (unpaired) electrons. The number of carbonyl (C=O) groups is 3. The molecule has 34 heavy (non-hydrogen) atoms. The van der Waals surface area contributed by atoms with E-state index in [1.807, 2.05) is 24.3 Å². The van der Waals surface area contributed by atoms with Crippen LogP contribution in [-0.2, 0) is 14.3 Å². The number of carbonyl (C=O) groups excluding carboxylic acids is 2. The highest BCUT2D eigenvalue weighted by atomic mass is 16.5. The Hall–Kier alpha value is -3.39. The van der Waals surface area contributed by atoms with Crippen molar-refractivity contribution in [1.82, 2.24) is 10.6 Å². The highest BCUT2D eigenvalue weighted by Crippen LogP contribution is 2.44. The van der Waals surface area contributed by atoms with E-state index in [-0.39, 0.29) is 30.9 Å².